The summed E-state index contributed by atoms with van der Waals surface area (Å²) in [6, 6.07) is 6.36. The minimum absolute atomic E-state index is 0.000445. The number of fused-ring (bicyclic) bond motifs is 2. The second-order valence-electron chi connectivity index (χ2n) is 8.29. The van der Waals surface area contributed by atoms with E-state index in [2.05, 4.69) is 32.2 Å². The third kappa shape index (κ3) is 2.64. The van der Waals surface area contributed by atoms with Gasteiger partial charge in [0.1, 0.15) is 5.75 Å². The van der Waals surface area contributed by atoms with Gasteiger partial charge in [-0.15, -0.1) is 0 Å². The molecule has 0 spiro atoms. The SMILES string of the molecule is Cc1ccc(C)c(OCC(=O)N[C@@H]2C[C@@H]3CC[C@@]2(C)C3(C)C)c1. The summed E-state index contributed by atoms with van der Waals surface area (Å²) < 4.78 is 5.74. The first kappa shape index (κ1) is 16.4. The molecule has 3 rings (SSSR count). The Morgan fingerprint density at radius 3 is 2.65 bits per heavy atom. The molecular weight excluding hydrogens is 286 g/mol. The van der Waals surface area contributed by atoms with Crippen molar-refractivity contribution in [2.75, 3.05) is 6.61 Å². The summed E-state index contributed by atoms with van der Waals surface area (Å²) in [4.78, 5) is 12.4. The molecule has 2 saturated carbocycles. The summed E-state index contributed by atoms with van der Waals surface area (Å²) in [6.45, 7) is 11.2. The molecule has 1 amide bonds. The van der Waals surface area contributed by atoms with Gasteiger partial charge in [-0.1, -0.05) is 32.9 Å². The highest BCUT2D eigenvalue weighted by molar-refractivity contribution is 5.78. The fourth-order valence-electron chi connectivity index (χ4n) is 4.66. The van der Waals surface area contributed by atoms with E-state index in [9.17, 15) is 4.79 Å². The number of rotatable bonds is 4. The first-order valence-electron chi connectivity index (χ1n) is 8.73. The minimum atomic E-state index is 0.000445. The number of carbonyl (C=O) groups excluding carboxylic acids is 1. The van der Waals surface area contributed by atoms with Crippen molar-refractivity contribution in [2.24, 2.45) is 16.7 Å². The zero-order chi connectivity index (χ0) is 16.8. The number of hydrogen-bond acceptors (Lipinski definition) is 2. The van der Waals surface area contributed by atoms with Gasteiger partial charge in [0.15, 0.2) is 6.61 Å². The predicted molar refractivity (Wildman–Crippen MR) is 92.6 cm³/mol. The Bertz CT molecular complexity index is 622. The fourth-order valence-corrected chi connectivity index (χ4v) is 4.66. The van der Waals surface area contributed by atoms with Gasteiger partial charge in [0.2, 0.25) is 0 Å². The Morgan fingerprint density at radius 2 is 2.04 bits per heavy atom. The van der Waals surface area contributed by atoms with Gasteiger partial charge in [-0.05, 0) is 67.1 Å². The van der Waals surface area contributed by atoms with Gasteiger partial charge < -0.3 is 10.1 Å². The highest BCUT2D eigenvalue weighted by Crippen LogP contribution is 2.65. The van der Waals surface area contributed by atoms with E-state index in [-0.39, 0.29) is 24.0 Å². The number of carbonyl (C=O) groups is 1. The summed E-state index contributed by atoms with van der Waals surface area (Å²) >= 11 is 0. The van der Waals surface area contributed by atoms with Crippen LogP contribution in [0.3, 0.4) is 0 Å². The average Bonchev–Trinajstić information content (AvgIpc) is 2.81. The van der Waals surface area contributed by atoms with Crippen LogP contribution in [-0.2, 0) is 4.79 Å². The molecule has 3 nitrogen and oxygen atoms in total. The molecular formula is C20H29NO2. The Labute approximate surface area is 139 Å². The van der Waals surface area contributed by atoms with Crippen molar-refractivity contribution in [3.05, 3.63) is 29.3 Å². The molecule has 0 aliphatic heterocycles. The van der Waals surface area contributed by atoms with Crippen LogP contribution in [0.25, 0.3) is 0 Å². The van der Waals surface area contributed by atoms with Crippen LogP contribution >= 0.6 is 0 Å². The lowest BCUT2D eigenvalue weighted by atomic mass is 9.69. The molecule has 3 heteroatoms. The van der Waals surface area contributed by atoms with E-state index < -0.39 is 0 Å². The van der Waals surface area contributed by atoms with Gasteiger partial charge >= 0.3 is 0 Å². The predicted octanol–water partition coefficient (Wildman–Crippen LogP) is 4.01. The summed E-state index contributed by atoms with van der Waals surface area (Å²) in [6.07, 6.45) is 3.63. The fraction of sp³-hybridized carbons (Fsp3) is 0.650. The normalized spacial score (nSPS) is 31.2. The zero-order valence-electron chi connectivity index (χ0n) is 15.0. The van der Waals surface area contributed by atoms with E-state index in [0.717, 1.165) is 29.2 Å². The molecule has 0 unspecified atom stereocenters. The largest absolute Gasteiger partial charge is 0.483 e. The third-order valence-electron chi connectivity index (χ3n) is 6.83. The highest BCUT2D eigenvalue weighted by Gasteiger charge is 2.61. The van der Waals surface area contributed by atoms with Crippen molar-refractivity contribution in [3.63, 3.8) is 0 Å². The van der Waals surface area contributed by atoms with E-state index in [1.54, 1.807) is 0 Å². The lowest BCUT2D eigenvalue weighted by Gasteiger charge is -2.39. The van der Waals surface area contributed by atoms with Crippen LogP contribution in [0, 0.1) is 30.6 Å². The van der Waals surface area contributed by atoms with Crippen LogP contribution in [0.4, 0.5) is 0 Å². The van der Waals surface area contributed by atoms with Gasteiger partial charge in [-0.25, -0.2) is 0 Å². The smallest absolute Gasteiger partial charge is 0.258 e. The van der Waals surface area contributed by atoms with Crippen molar-refractivity contribution >= 4 is 5.91 Å². The topological polar surface area (TPSA) is 38.3 Å². The molecule has 2 aliphatic rings. The quantitative estimate of drug-likeness (QED) is 0.911. The summed E-state index contributed by atoms with van der Waals surface area (Å²) in [5, 5.41) is 3.25. The van der Waals surface area contributed by atoms with Crippen molar-refractivity contribution in [3.8, 4) is 5.75 Å². The summed E-state index contributed by atoms with van der Waals surface area (Å²) in [5.74, 6) is 1.54. The van der Waals surface area contributed by atoms with Crippen LogP contribution in [0.2, 0.25) is 0 Å². The molecule has 2 fully saturated rings. The maximum absolute atomic E-state index is 12.4. The molecule has 23 heavy (non-hydrogen) atoms. The monoisotopic (exact) mass is 315 g/mol. The van der Waals surface area contributed by atoms with Gasteiger partial charge in [-0.3, -0.25) is 4.79 Å². The maximum atomic E-state index is 12.4. The molecule has 0 saturated heterocycles. The molecule has 1 N–H and O–H groups in total. The zero-order valence-corrected chi connectivity index (χ0v) is 15.0. The van der Waals surface area contributed by atoms with Crippen molar-refractivity contribution < 1.29 is 9.53 Å². The van der Waals surface area contributed by atoms with E-state index in [0.29, 0.717) is 5.41 Å². The van der Waals surface area contributed by atoms with E-state index >= 15 is 0 Å². The second-order valence-corrected chi connectivity index (χ2v) is 8.29. The van der Waals surface area contributed by atoms with Gasteiger partial charge in [0, 0.05) is 6.04 Å². The van der Waals surface area contributed by atoms with Crippen LogP contribution in [0.1, 0.15) is 51.2 Å². The first-order valence-corrected chi connectivity index (χ1v) is 8.73. The molecule has 0 aromatic heterocycles. The van der Waals surface area contributed by atoms with Crippen LogP contribution in [-0.4, -0.2) is 18.6 Å². The number of nitrogens with one attached hydrogen (secondary N) is 1. The first-order chi connectivity index (χ1) is 10.7. The number of benzene rings is 1. The van der Waals surface area contributed by atoms with Crippen molar-refractivity contribution in [1.29, 1.82) is 0 Å². The molecule has 0 radical (unpaired) electrons. The van der Waals surface area contributed by atoms with E-state index in [1.807, 2.05) is 26.0 Å². The van der Waals surface area contributed by atoms with Gasteiger partial charge in [-0.2, -0.15) is 0 Å². The lowest BCUT2D eigenvalue weighted by Crippen LogP contribution is -2.48. The Balaban J connectivity index is 1.60. The molecule has 2 bridgehead atoms. The summed E-state index contributed by atoms with van der Waals surface area (Å²) in [7, 11) is 0. The standard InChI is InChI=1S/C20H29NO2/c1-13-6-7-14(2)16(10-13)23-12-18(22)21-17-11-15-8-9-20(17,5)19(15,3)4/h6-7,10,15,17H,8-9,11-12H2,1-5H3,(H,21,22)/t15-,17+,20+/m0/s1. The number of hydrogen-bond donors (Lipinski definition) is 1. The molecule has 126 valence electrons. The number of amides is 1. The minimum Gasteiger partial charge on any atom is -0.483 e. The van der Waals surface area contributed by atoms with E-state index in [4.69, 9.17) is 4.74 Å². The van der Waals surface area contributed by atoms with Gasteiger partial charge in [0.25, 0.3) is 5.91 Å². The van der Waals surface area contributed by atoms with Crippen LogP contribution in [0.15, 0.2) is 18.2 Å². The van der Waals surface area contributed by atoms with Crippen LogP contribution in [0.5, 0.6) is 5.75 Å². The van der Waals surface area contributed by atoms with Crippen LogP contribution < -0.4 is 10.1 Å². The van der Waals surface area contributed by atoms with Crippen molar-refractivity contribution in [1.82, 2.24) is 5.32 Å². The Hall–Kier alpha value is -1.51. The molecule has 3 atom stereocenters. The molecule has 0 heterocycles. The molecule has 2 aliphatic carbocycles. The second kappa shape index (κ2) is 5.54. The average molecular weight is 315 g/mol. The van der Waals surface area contributed by atoms with Crippen molar-refractivity contribution in [2.45, 2.75) is 59.9 Å². The third-order valence-corrected chi connectivity index (χ3v) is 6.83. The molecule has 1 aromatic rings. The van der Waals surface area contributed by atoms with E-state index in [1.165, 1.54) is 12.8 Å². The maximum Gasteiger partial charge on any atom is 0.258 e. The highest BCUT2D eigenvalue weighted by atomic mass is 16.5. The Kier molecular flexibility index (Phi) is 3.94. The number of ether oxygens (including phenoxy) is 1. The lowest BCUT2D eigenvalue weighted by molar-refractivity contribution is -0.124. The summed E-state index contributed by atoms with van der Waals surface area (Å²) in [5.41, 5.74) is 2.75. The number of aryl methyl sites for hydroxylation is 2. The Morgan fingerprint density at radius 1 is 1.30 bits per heavy atom. The van der Waals surface area contributed by atoms with Gasteiger partial charge in [0.05, 0.1) is 0 Å². The molecule has 1 aromatic carbocycles.